The van der Waals surface area contributed by atoms with Crippen LogP contribution in [-0.2, 0) is 6.14 Å². The van der Waals surface area contributed by atoms with E-state index in [1.54, 1.807) is 0 Å². The Kier molecular flexibility index (Phi) is 4.63. The summed E-state index contributed by atoms with van der Waals surface area (Å²) in [6.07, 6.45) is 0.401. The minimum absolute atomic E-state index is 0.0154. The van der Waals surface area contributed by atoms with Crippen LogP contribution in [0.3, 0.4) is 0 Å². The minimum atomic E-state index is -2.99. The van der Waals surface area contributed by atoms with Crippen molar-refractivity contribution in [2.24, 2.45) is 0 Å². The highest BCUT2D eigenvalue weighted by Gasteiger charge is 1.86. The Bertz CT molecular complexity index is 88.4. The second-order valence-corrected chi connectivity index (χ2v) is 3.73. The Balaban J connectivity index is 2.98. The highest BCUT2D eigenvalue weighted by atomic mass is 127. The lowest BCUT2D eigenvalue weighted by Crippen LogP contribution is -1.80. The van der Waals surface area contributed by atoms with Crippen LogP contribution in [-0.4, -0.2) is 16.1 Å². The lowest BCUT2D eigenvalue weighted by Gasteiger charge is -1.78. The summed E-state index contributed by atoms with van der Waals surface area (Å²) >= 11 is -2.99. The topological polar surface area (TPSA) is 54.4 Å². The fraction of sp³-hybridized carbons (Fsp3) is 1.00. The standard InChI is InChI=1S/C3H7IO3/c5-3-1-2-4(6)7/h5H,1-3H2. The maximum atomic E-state index is 9.78. The molecule has 0 aliphatic carbocycles. The third-order valence-corrected chi connectivity index (χ3v) is 2.09. The predicted molar refractivity (Wildman–Crippen MR) is 32.0 cm³/mol. The lowest BCUT2D eigenvalue weighted by molar-refractivity contribution is 0.297. The van der Waals surface area contributed by atoms with Crippen LogP contribution in [0.4, 0.5) is 0 Å². The first kappa shape index (κ1) is 7.29. The average Bonchev–Trinajstić information content (AvgIpc) is 1.61. The molecule has 0 spiro atoms. The van der Waals surface area contributed by atoms with Gasteiger partial charge in [-0.1, -0.05) is 0 Å². The smallest absolute Gasteiger partial charge is 0.307 e. The molecule has 0 saturated carbocycles. The van der Waals surface area contributed by atoms with Crippen LogP contribution in [0.5, 0.6) is 0 Å². The molecule has 0 aliphatic heterocycles. The van der Waals surface area contributed by atoms with Crippen molar-refractivity contribution in [2.45, 2.75) is 6.42 Å². The van der Waals surface area contributed by atoms with Gasteiger partial charge in [0.1, 0.15) is 0 Å². The molecule has 0 heterocycles. The molecular formula is C3H7IO3. The van der Waals surface area contributed by atoms with E-state index in [9.17, 15) is 6.14 Å². The van der Waals surface area contributed by atoms with Crippen molar-refractivity contribution in [3.8, 4) is 0 Å². The van der Waals surface area contributed by atoms with Gasteiger partial charge in [0.25, 0.3) is 0 Å². The number of aliphatic hydroxyl groups excluding tert-OH is 1. The molecule has 0 bridgehead atoms. The molecule has 0 fully saturated rings. The third-order valence-electron chi connectivity index (χ3n) is 0.446. The normalized spacial score (nSPS) is 10.0. The molecule has 0 aliphatic rings. The van der Waals surface area contributed by atoms with E-state index in [1.165, 1.54) is 0 Å². The van der Waals surface area contributed by atoms with Gasteiger partial charge >= 0.3 is 19.8 Å². The molecule has 44 valence electrons. The zero-order valence-corrected chi connectivity index (χ0v) is 5.92. The van der Waals surface area contributed by atoms with Crippen molar-refractivity contribution in [1.29, 1.82) is 0 Å². The molecule has 3 nitrogen and oxygen atoms in total. The van der Waals surface area contributed by atoms with Crippen LogP contribution in [0.1, 0.15) is 6.42 Å². The SMILES string of the molecule is O=I(=O)CCCO. The number of rotatable bonds is 3. The Hall–Kier alpha value is 0.290. The van der Waals surface area contributed by atoms with Crippen molar-refractivity contribution < 1.29 is 11.2 Å². The van der Waals surface area contributed by atoms with E-state index in [2.05, 4.69) is 0 Å². The summed E-state index contributed by atoms with van der Waals surface area (Å²) in [5, 5.41) is 8.06. The zero-order chi connectivity index (χ0) is 5.70. The summed E-state index contributed by atoms with van der Waals surface area (Å²) in [5.41, 5.74) is 0. The van der Waals surface area contributed by atoms with Gasteiger partial charge < -0.3 is 5.11 Å². The van der Waals surface area contributed by atoms with Gasteiger partial charge in [-0.05, 0) is 6.42 Å². The Morgan fingerprint density at radius 1 is 1.43 bits per heavy atom. The Morgan fingerprint density at radius 3 is 2.14 bits per heavy atom. The number of hydrogen-bond acceptors (Lipinski definition) is 3. The van der Waals surface area contributed by atoms with Gasteiger partial charge in [0, 0.05) is 6.61 Å². The number of aliphatic hydroxyl groups is 1. The van der Waals surface area contributed by atoms with Crippen LogP contribution in [0, 0.1) is 0 Å². The second kappa shape index (κ2) is 4.45. The van der Waals surface area contributed by atoms with Gasteiger partial charge in [-0.15, -0.1) is 0 Å². The van der Waals surface area contributed by atoms with Crippen LogP contribution in [0.15, 0.2) is 0 Å². The van der Waals surface area contributed by atoms with Crippen molar-refractivity contribution in [1.82, 2.24) is 0 Å². The van der Waals surface area contributed by atoms with Crippen LogP contribution in [0.25, 0.3) is 0 Å². The fourth-order valence-electron chi connectivity index (χ4n) is 0.169. The summed E-state index contributed by atoms with van der Waals surface area (Å²) in [4.78, 5) is 0. The molecule has 0 saturated heterocycles. The second-order valence-electron chi connectivity index (χ2n) is 1.05. The highest BCUT2D eigenvalue weighted by molar-refractivity contribution is 14.2. The van der Waals surface area contributed by atoms with Crippen LogP contribution < -0.4 is 0 Å². The third kappa shape index (κ3) is 6.29. The summed E-state index contributed by atoms with van der Waals surface area (Å²) in [6, 6.07) is 0. The molecule has 7 heavy (non-hydrogen) atoms. The zero-order valence-electron chi connectivity index (χ0n) is 3.76. The molecule has 0 amide bonds. The van der Waals surface area contributed by atoms with Crippen molar-refractivity contribution in [2.75, 3.05) is 11.0 Å². The average molecular weight is 218 g/mol. The van der Waals surface area contributed by atoms with Crippen molar-refractivity contribution in [3.63, 3.8) is 0 Å². The van der Waals surface area contributed by atoms with Gasteiger partial charge in [0.05, 0.1) is 4.43 Å². The largest absolute Gasteiger partial charge is 0.396 e. The molecule has 0 aromatic heterocycles. The van der Waals surface area contributed by atoms with Crippen LogP contribution in [0.2, 0.25) is 0 Å². The molecule has 0 rings (SSSR count). The minimum Gasteiger partial charge on any atom is -0.396 e. The van der Waals surface area contributed by atoms with Gasteiger partial charge in [-0.25, -0.2) is 6.14 Å². The molecule has 0 aromatic rings. The number of alkyl halides is 1. The van der Waals surface area contributed by atoms with E-state index in [0.717, 1.165) is 0 Å². The van der Waals surface area contributed by atoms with Gasteiger partial charge in [0.2, 0.25) is 0 Å². The summed E-state index contributed by atoms with van der Waals surface area (Å²) in [5.74, 6) is 0. The monoisotopic (exact) mass is 218 g/mol. The van der Waals surface area contributed by atoms with Crippen molar-refractivity contribution in [3.05, 3.63) is 0 Å². The summed E-state index contributed by atoms with van der Waals surface area (Å²) < 4.78 is 19.7. The lowest BCUT2D eigenvalue weighted by atomic mass is 10.5. The fourth-order valence-corrected chi connectivity index (χ4v) is 1.13. The van der Waals surface area contributed by atoms with E-state index < -0.39 is 19.8 Å². The molecular weight excluding hydrogens is 211 g/mol. The van der Waals surface area contributed by atoms with E-state index in [4.69, 9.17) is 5.11 Å². The van der Waals surface area contributed by atoms with E-state index >= 15 is 0 Å². The Labute approximate surface area is 48.9 Å². The molecule has 0 unspecified atom stereocenters. The first-order valence-electron chi connectivity index (χ1n) is 1.89. The first-order chi connectivity index (χ1) is 3.27. The van der Waals surface area contributed by atoms with E-state index in [1.807, 2.05) is 0 Å². The van der Waals surface area contributed by atoms with Crippen LogP contribution >= 0.6 is 19.8 Å². The molecule has 0 atom stereocenters. The summed E-state index contributed by atoms with van der Waals surface area (Å²) in [7, 11) is 0. The maximum absolute atomic E-state index is 9.78. The van der Waals surface area contributed by atoms with Gasteiger partial charge in [-0.2, -0.15) is 0 Å². The van der Waals surface area contributed by atoms with E-state index in [-0.39, 0.29) is 11.0 Å². The molecule has 0 radical (unpaired) electrons. The molecule has 0 aromatic carbocycles. The maximum Gasteiger partial charge on any atom is 0.307 e. The number of hydrogen-bond donors (Lipinski definition) is 1. The van der Waals surface area contributed by atoms with Gasteiger partial charge in [0.15, 0.2) is 0 Å². The quantitative estimate of drug-likeness (QED) is 0.556. The molecule has 4 heteroatoms. The van der Waals surface area contributed by atoms with E-state index in [0.29, 0.717) is 6.42 Å². The number of halogens is 1. The summed E-state index contributed by atoms with van der Waals surface area (Å²) in [6.45, 7) is -0.0154. The van der Waals surface area contributed by atoms with Gasteiger partial charge in [-0.3, -0.25) is 0 Å². The molecule has 1 N–H and O–H groups in total. The predicted octanol–water partition coefficient (Wildman–Crippen LogP) is 0.566. The Morgan fingerprint density at radius 2 is 2.00 bits per heavy atom. The van der Waals surface area contributed by atoms with Crippen molar-refractivity contribution >= 4 is 19.8 Å². The first-order valence-corrected chi connectivity index (χ1v) is 5.18. The highest BCUT2D eigenvalue weighted by Crippen LogP contribution is 2.03.